The molecule has 10 nitrogen and oxygen atoms in total. The van der Waals surface area contributed by atoms with Gasteiger partial charge < -0.3 is 29.7 Å². The molecule has 3 amide bonds. The lowest BCUT2D eigenvalue weighted by Crippen LogP contribution is -2.57. The number of esters is 1. The Morgan fingerprint density at radius 2 is 2.02 bits per heavy atom. The van der Waals surface area contributed by atoms with Crippen LogP contribution in [-0.4, -0.2) is 100 Å². The van der Waals surface area contributed by atoms with Gasteiger partial charge in [-0.05, 0) is 45.4 Å². The number of nitrogens with one attached hydrogen (secondary N) is 1. The van der Waals surface area contributed by atoms with Crippen LogP contribution in [0.4, 0.5) is 0 Å². The third-order valence-electron chi connectivity index (χ3n) is 8.27. The van der Waals surface area contributed by atoms with Crippen molar-refractivity contribution in [2.45, 2.75) is 93.9 Å². The van der Waals surface area contributed by atoms with E-state index >= 15 is 0 Å². The first-order valence-electron chi connectivity index (χ1n) is 14.9. The second kappa shape index (κ2) is 15.3. The first-order chi connectivity index (χ1) is 19.7. The summed E-state index contributed by atoms with van der Waals surface area (Å²) >= 11 is 3.68. The number of amides is 3. The van der Waals surface area contributed by atoms with Crippen LogP contribution in [0.1, 0.15) is 65.2 Å². The maximum absolute atomic E-state index is 14.2. The molecule has 41 heavy (non-hydrogen) atoms. The molecular weight excluding hydrogens is 594 g/mol. The number of ether oxygens (including phenoxy) is 2. The predicted octanol–water partition coefficient (Wildman–Crippen LogP) is 2.73. The molecule has 0 aromatic heterocycles. The van der Waals surface area contributed by atoms with Crippen molar-refractivity contribution in [2.75, 3.05) is 32.8 Å². The minimum atomic E-state index is -1.15. The van der Waals surface area contributed by atoms with Crippen LogP contribution in [0, 0.1) is 11.8 Å². The van der Waals surface area contributed by atoms with Gasteiger partial charge in [-0.25, -0.2) is 0 Å². The SMILES string of the molecule is C=CCCC(=O)NC[C@@H](C)OC(=O)[C@@H]1[C@H]2O[C@@]3(CC2Br)[C@H](C(=O)N(CC=C)CCCC)N(CCCCCO)C(=O)[C@@H]13. The van der Waals surface area contributed by atoms with E-state index in [0.29, 0.717) is 58.2 Å². The van der Waals surface area contributed by atoms with Gasteiger partial charge >= 0.3 is 5.97 Å². The van der Waals surface area contributed by atoms with Crippen molar-refractivity contribution < 1.29 is 33.8 Å². The molecule has 0 saturated carbocycles. The molecule has 3 saturated heterocycles. The molecule has 2 N–H and O–H groups in total. The van der Waals surface area contributed by atoms with E-state index in [2.05, 4.69) is 41.3 Å². The Hall–Kier alpha value is -2.24. The summed E-state index contributed by atoms with van der Waals surface area (Å²) in [5, 5.41) is 12.0. The maximum atomic E-state index is 14.2. The quantitative estimate of drug-likeness (QED) is 0.102. The normalized spacial score (nSPS) is 28.7. The predicted molar refractivity (Wildman–Crippen MR) is 158 cm³/mol. The highest BCUT2D eigenvalue weighted by Gasteiger charge is 2.77. The second-order valence-corrected chi connectivity index (χ2v) is 12.5. The highest BCUT2D eigenvalue weighted by molar-refractivity contribution is 9.09. The molecule has 3 aliphatic rings. The van der Waals surface area contributed by atoms with Crippen molar-refractivity contribution in [2.24, 2.45) is 11.8 Å². The lowest BCUT2D eigenvalue weighted by molar-refractivity contribution is -0.159. The van der Waals surface area contributed by atoms with E-state index in [4.69, 9.17) is 9.47 Å². The van der Waals surface area contributed by atoms with Gasteiger partial charge in [0, 0.05) is 37.5 Å². The number of alkyl halides is 1. The average molecular weight is 641 g/mol. The van der Waals surface area contributed by atoms with Gasteiger partial charge in [-0.2, -0.15) is 0 Å². The standard InChI is InChI=1S/C30H46BrN3O7/c1-5-8-13-22(36)32-19-20(4)40-29(39)23-24-27(37)34(16-11-10-12-17-35)26(30(24)18-21(31)25(23)41-30)28(38)33(14-7-3)15-9-6-2/h5,7,20-21,23-26,35H,1,3,6,8-19H2,2,4H3,(H,32,36)/t20-,21?,23+,24-,25+,26+,30-/m1/s1. The van der Waals surface area contributed by atoms with Crippen LogP contribution in [0.15, 0.2) is 25.3 Å². The number of unbranched alkanes of at least 4 members (excludes halogenated alkanes) is 3. The van der Waals surface area contributed by atoms with Gasteiger partial charge in [-0.3, -0.25) is 19.2 Å². The zero-order valence-electron chi connectivity index (χ0n) is 24.4. The fourth-order valence-corrected chi connectivity index (χ4v) is 7.30. The monoisotopic (exact) mass is 639 g/mol. The van der Waals surface area contributed by atoms with E-state index in [0.717, 1.165) is 12.8 Å². The van der Waals surface area contributed by atoms with Gasteiger partial charge in [0.1, 0.15) is 17.7 Å². The average Bonchev–Trinajstić information content (AvgIpc) is 3.54. The van der Waals surface area contributed by atoms with Gasteiger partial charge in [0.15, 0.2) is 0 Å². The lowest BCUT2D eigenvalue weighted by Gasteiger charge is -2.37. The first-order valence-corrected chi connectivity index (χ1v) is 15.8. The van der Waals surface area contributed by atoms with Crippen LogP contribution in [0.5, 0.6) is 0 Å². The molecule has 2 bridgehead atoms. The summed E-state index contributed by atoms with van der Waals surface area (Å²) in [6, 6.07) is -0.865. The van der Waals surface area contributed by atoms with E-state index in [1.54, 1.807) is 28.9 Å². The molecule has 3 aliphatic heterocycles. The van der Waals surface area contributed by atoms with E-state index in [1.807, 2.05) is 0 Å². The second-order valence-electron chi connectivity index (χ2n) is 11.3. The summed E-state index contributed by atoms with van der Waals surface area (Å²) < 4.78 is 12.3. The van der Waals surface area contributed by atoms with E-state index < -0.39 is 41.7 Å². The van der Waals surface area contributed by atoms with Crippen molar-refractivity contribution in [3.05, 3.63) is 25.3 Å². The zero-order chi connectivity index (χ0) is 30.2. The van der Waals surface area contributed by atoms with Crippen LogP contribution in [0.3, 0.4) is 0 Å². The minimum absolute atomic E-state index is 0.0594. The molecule has 7 atom stereocenters. The van der Waals surface area contributed by atoms with Crippen LogP contribution in [0.25, 0.3) is 0 Å². The van der Waals surface area contributed by atoms with Crippen molar-refractivity contribution >= 4 is 39.6 Å². The lowest BCUT2D eigenvalue weighted by atomic mass is 9.70. The highest BCUT2D eigenvalue weighted by Crippen LogP contribution is 2.60. The van der Waals surface area contributed by atoms with Crippen molar-refractivity contribution in [1.82, 2.24) is 15.1 Å². The largest absolute Gasteiger partial charge is 0.460 e. The maximum Gasteiger partial charge on any atom is 0.312 e. The third kappa shape index (κ3) is 7.22. The summed E-state index contributed by atoms with van der Waals surface area (Å²) in [6.07, 6.45) is 7.06. The Labute approximate surface area is 252 Å². The number of aliphatic hydroxyl groups excluding tert-OH is 1. The summed E-state index contributed by atoms with van der Waals surface area (Å²) in [5.74, 6) is -2.90. The Kier molecular flexibility index (Phi) is 12.4. The fourth-order valence-electron chi connectivity index (χ4n) is 6.36. The molecule has 11 heteroatoms. The number of allylic oxidation sites excluding steroid dienone is 1. The zero-order valence-corrected chi connectivity index (χ0v) is 26.0. The molecule has 3 rings (SSSR count). The van der Waals surface area contributed by atoms with Crippen LogP contribution < -0.4 is 5.32 Å². The summed E-state index contributed by atoms with van der Waals surface area (Å²) in [7, 11) is 0. The van der Waals surface area contributed by atoms with Crippen LogP contribution >= 0.6 is 15.9 Å². The number of halogens is 1. The van der Waals surface area contributed by atoms with Crippen LogP contribution in [0.2, 0.25) is 0 Å². The van der Waals surface area contributed by atoms with E-state index in [1.165, 1.54) is 0 Å². The Bertz CT molecular complexity index is 978. The fraction of sp³-hybridized carbons (Fsp3) is 0.733. The number of aliphatic hydroxyl groups is 1. The van der Waals surface area contributed by atoms with Crippen molar-refractivity contribution in [1.29, 1.82) is 0 Å². The molecule has 0 radical (unpaired) electrons. The van der Waals surface area contributed by atoms with Crippen molar-refractivity contribution in [3.8, 4) is 0 Å². The van der Waals surface area contributed by atoms with E-state index in [-0.39, 0.29) is 35.7 Å². The molecule has 1 spiro atoms. The number of carbonyl (C=O) groups excluding carboxylic acids is 4. The van der Waals surface area contributed by atoms with Crippen molar-refractivity contribution in [3.63, 3.8) is 0 Å². The van der Waals surface area contributed by atoms with Gasteiger partial charge in [-0.15, -0.1) is 13.2 Å². The van der Waals surface area contributed by atoms with E-state index in [9.17, 15) is 24.3 Å². The first kappa shape index (κ1) is 33.3. The highest BCUT2D eigenvalue weighted by atomic mass is 79.9. The third-order valence-corrected chi connectivity index (χ3v) is 9.12. The van der Waals surface area contributed by atoms with Gasteiger partial charge in [0.25, 0.3) is 0 Å². The summed E-state index contributed by atoms with van der Waals surface area (Å²) in [5.41, 5.74) is -1.15. The Balaban J connectivity index is 1.86. The number of rotatable bonds is 18. The number of nitrogens with zero attached hydrogens (tertiary/aromatic N) is 2. The molecule has 1 unspecified atom stereocenters. The topological polar surface area (TPSA) is 125 Å². The number of fused-ring (bicyclic) bond motifs is 1. The molecule has 0 aromatic rings. The number of carbonyl (C=O) groups is 4. The number of hydrogen-bond donors (Lipinski definition) is 2. The minimum Gasteiger partial charge on any atom is -0.460 e. The molecule has 3 heterocycles. The van der Waals surface area contributed by atoms with Gasteiger partial charge in [0.2, 0.25) is 17.7 Å². The van der Waals surface area contributed by atoms with Gasteiger partial charge in [-0.1, -0.05) is 41.4 Å². The molecule has 0 aliphatic carbocycles. The Morgan fingerprint density at radius 3 is 2.68 bits per heavy atom. The molecule has 3 fully saturated rings. The number of hydrogen-bond acceptors (Lipinski definition) is 7. The van der Waals surface area contributed by atoms with Crippen LogP contribution in [-0.2, 0) is 28.7 Å². The summed E-state index contributed by atoms with van der Waals surface area (Å²) in [4.78, 5) is 57.0. The molecular formula is C30H46BrN3O7. The molecule has 0 aromatic carbocycles. The number of likely N-dealkylation sites (tertiary alicyclic amines) is 1. The molecule has 230 valence electrons. The smallest absolute Gasteiger partial charge is 0.312 e. The Morgan fingerprint density at radius 1 is 1.27 bits per heavy atom. The van der Waals surface area contributed by atoms with Gasteiger partial charge in [0.05, 0.1) is 24.5 Å². The summed E-state index contributed by atoms with van der Waals surface area (Å²) in [6.45, 7) is 12.6.